The molecule has 2 aromatic rings. The number of oxime groups is 1. The molecule has 0 aromatic heterocycles. The second-order valence-electron chi connectivity index (χ2n) is 4.68. The van der Waals surface area contributed by atoms with Gasteiger partial charge in [-0.25, -0.2) is 0 Å². The first-order valence-corrected chi connectivity index (χ1v) is 6.96. The maximum atomic E-state index is 8.81. The van der Waals surface area contributed by atoms with Crippen LogP contribution in [0.2, 0.25) is 0 Å². The van der Waals surface area contributed by atoms with Crippen LogP contribution in [0.5, 0.6) is 11.5 Å². The van der Waals surface area contributed by atoms with E-state index in [9.17, 15) is 0 Å². The van der Waals surface area contributed by atoms with Crippen molar-refractivity contribution in [3.63, 3.8) is 0 Å². The predicted molar refractivity (Wildman–Crippen MR) is 88.0 cm³/mol. The minimum Gasteiger partial charge on any atom is -0.493 e. The molecule has 4 nitrogen and oxygen atoms in total. The van der Waals surface area contributed by atoms with Crippen molar-refractivity contribution in [1.29, 1.82) is 0 Å². The van der Waals surface area contributed by atoms with Gasteiger partial charge in [-0.2, -0.15) is 0 Å². The maximum absolute atomic E-state index is 8.81. The Morgan fingerprint density at radius 2 is 1.91 bits per heavy atom. The molecule has 4 heteroatoms. The van der Waals surface area contributed by atoms with E-state index in [1.807, 2.05) is 48.6 Å². The fourth-order valence-electron chi connectivity index (χ4n) is 1.96. The van der Waals surface area contributed by atoms with Crippen LogP contribution in [-0.4, -0.2) is 24.6 Å². The number of methoxy groups -OCH3 is 1. The van der Waals surface area contributed by atoms with Crippen molar-refractivity contribution in [3.05, 3.63) is 65.7 Å². The summed E-state index contributed by atoms with van der Waals surface area (Å²) in [5.74, 6) is 1.25. The smallest absolute Gasteiger partial charge is 0.161 e. The van der Waals surface area contributed by atoms with Gasteiger partial charge in [-0.15, -0.1) is 0 Å². The van der Waals surface area contributed by atoms with E-state index in [-0.39, 0.29) is 0 Å². The Morgan fingerprint density at radius 1 is 1.14 bits per heavy atom. The van der Waals surface area contributed by atoms with Crippen LogP contribution in [-0.2, 0) is 0 Å². The van der Waals surface area contributed by atoms with E-state index in [0.29, 0.717) is 23.8 Å². The molecular weight excluding hydrogens is 278 g/mol. The van der Waals surface area contributed by atoms with Gasteiger partial charge in [0.1, 0.15) is 6.61 Å². The van der Waals surface area contributed by atoms with Crippen molar-refractivity contribution in [2.24, 2.45) is 5.16 Å². The third kappa shape index (κ3) is 4.12. The van der Waals surface area contributed by atoms with Crippen molar-refractivity contribution in [3.8, 4) is 11.5 Å². The molecule has 114 valence electrons. The van der Waals surface area contributed by atoms with Crippen LogP contribution in [0.15, 0.2) is 59.8 Å². The zero-order chi connectivity index (χ0) is 15.8. The molecule has 1 N–H and O–H groups in total. The van der Waals surface area contributed by atoms with Crippen LogP contribution in [0, 0.1) is 0 Å². The fourth-order valence-corrected chi connectivity index (χ4v) is 1.96. The minimum atomic E-state index is 0.442. The van der Waals surface area contributed by atoms with E-state index >= 15 is 0 Å². The summed E-state index contributed by atoms with van der Waals surface area (Å²) in [5, 5.41) is 12.0. The predicted octanol–water partition coefficient (Wildman–Crippen LogP) is 3.99. The van der Waals surface area contributed by atoms with Gasteiger partial charge in [0, 0.05) is 5.56 Å². The second kappa shape index (κ2) is 7.88. The Labute approximate surface area is 130 Å². The van der Waals surface area contributed by atoms with E-state index in [2.05, 4.69) is 5.16 Å². The summed E-state index contributed by atoms with van der Waals surface area (Å²) in [6.07, 6.45) is 3.95. The van der Waals surface area contributed by atoms with Crippen LogP contribution >= 0.6 is 0 Å². The average Bonchev–Trinajstić information content (AvgIpc) is 2.59. The van der Waals surface area contributed by atoms with Gasteiger partial charge in [-0.05, 0) is 36.8 Å². The zero-order valence-electron chi connectivity index (χ0n) is 12.7. The number of hydrogen-bond acceptors (Lipinski definition) is 4. The Balaban J connectivity index is 2.02. The lowest BCUT2D eigenvalue weighted by Gasteiger charge is -2.10. The van der Waals surface area contributed by atoms with Crippen LogP contribution in [0.4, 0.5) is 0 Å². The molecule has 0 fully saturated rings. The van der Waals surface area contributed by atoms with Gasteiger partial charge < -0.3 is 14.7 Å². The molecule has 2 rings (SSSR count). The quantitative estimate of drug-likeness (QED) is 0.498. The molecule has 2 aromatic carbocycles. The molecule has 0 aliphatic rings. The summed E-state index contributed by atoms with van der Waals surface area (Å²) in [5.41, 5.74) is 2.43. The van der Waals surface area contributed by atoms with Gasteiger partial charge in [0.2, 0.25) is 0 Å². The lowest BCUT2D eigenvalue weighted by molar-refractivity contribution is 0.318. The van der Waals surface area contributed by atoms with Crippen LogP contribution in [0.1, 0.15) is 18.1 Å². The first kappa shape index (κ1) is 15.6. The number of rotatable bonds is 6. The number of ether oxygens (including phenoxy) is 2. The van der Waals surface area contributed by atoms with Crippen LogP contribution in [0.25, 0.3) is 6.08 Å². The van der Waals surface area contributed by atoms with Gasteiger partial charge in [-0.1, -0.05) is 41.6 Å². The van der Waals surface area contributed by atoms with Gasteiger partial charge in [-0.3, -0.25) is 0 Å². The highest BCUT2D eigenvalue weighted by molar-refractivity contribution is 5.98. The maximum Gasteiger partial charge on any atom is 0.161 e. The fraction of sp³-hybridized carbons (Fsp3) is 0.167. The highest BCUT2D eigenvalue weighted by Gasteiger charge is 2.07. The van der Waals surface area contributed by atoms with Crippen LogP contribution in [0.3, 0.4) is 0 Å². The molecular formula is C18H19NO3. The van der Waals surface area contributed by atoms with E-state index in [0.717, 1.165) is 11.1 Å². The summed E-state index contributed by atoms with van der Waals surface area (Å²) in [4.78, 5) is 0. The Morgan fingerprint density at radius 3 is 2.59 bits per heavy atom. The first-order valence-electron chi connectivity index (χ1n) is 6.96. The summed E-state index contributed by atoms with van der Waals surface area (Å²) in [7, 11) is 1.58. The van der Waals surface area contributed by atoms with E-state index in [1.54, 1.807) is 26.2 Å². The van der Waals surface area contributed by atoms with Gasteiger partial charge in [0.25, 0.3) is 0 Å². The lowest BCUT2D eigenvalue weighted by Crippen LogP contribution is -2.00. The van der Waals surface area contributed by atoms with Crippen molar-refractivity contribution in [1.82, 2.24) is 0 Å². The molecule has 0 aliphatic heterocycles. The normalized spacial score (nSPS) is 11.6. The monoisotopic (exact) mass is 297 g/mol. The molecule has 0 unspecified atom stereocenters. The third-order valence-corrected chi connectivity index (χ3v) is 3.18. The average molecular weight is 297 g/mol. The summed E-state index contributed by atoms with van der Waals surface area (Å²) >= 11 is 0. The Kier molecular flexibility index (Phi) is 5.60. The minimum absolute atomic E-state index is 0.442. The van der Waals surface area contributed by atoms with E-state index in [1.165, 1.54) is 0 Å². The van der Waals surface area contributed by atoms with Crippen molar-refractivity contribution in [2.45, 2.75) is 6.92 Å². The summed E-state index contributed by atoms with van der Waals surface area (Å²) in [6.45, 7) is 2.16. The second-order valence-corrected chi connectivity index (χ2v) is 4.68. The molecule has 0 heterocycles. The van der Waals surface area contributed by atoms with Gasteiger partial charge in [0.05, 0.1) is 12.8 Å². The largest absolute Gasteiger partial charge is 0.493 e. The number of benzene rings is 2. The third-order valence-electron chi connectivity index (χ3n) is 3.18. The molecule has 0 spiro atoms. The highest BCUT2D eigenvalue weighted by Crippen LogP contribution is 2.28. The van der Waals surface area contributed by atoms with Crippen molar-refractivity contribution in [2.75, 3.05) is 13.7 Å². The molecule has 0 saturated carbocycles. The zero-order valence-corrected chi connectivity index (χ0v) is 12.7. The molecule has 0 bridgehead atoms. The van der Waals surface area contributed by atoms with Crippen molar-refractivity contribution < 1.29 is 14.7 Å². The molecule has 22 heavy (non-hydrogen) atoms. The molecule has 0 saturated heterocycles. The number of nitrogens with zero attached hydrogens (tertiary/aromatic N) is 1. The number of hydrogen-bond donors (Lipinski definition) is 1. The molecule has 0 amide bonds. The van der Waals surface area contributed by atoms with E-state index in [4.69, 9.17) is 14.7 Å². The van der Waals surface area contributed by atoms with Crippen LogP contribution < -0.4 is 9.47 Å². The first-order chi connectivity index (χ1) is 10.7. The summed E-state index contributed by atoms with van der Waals surface area (Å²) in [6, 6.07) is 15.4. The SMILES string of the molecule is COc1cc(/C(C)=N/O)ccc1OC/C=C/c1ccccc1. The topological polar surface area (TPSA) is 51.0 Å². The standard InChI is InChI=1S/C18H19NO3/c1-14(19-20)16-10-11-17(18(13-16)21-2)22-12-6-9-15-7-4-3-5-8-15/h3-11,13,20H,12H2,1-2H3/b9-6+,19-14+. The molecule has 0 atom stereocenters. The lowest BCUT2D eigenvalue weighted by atomic mass is 10.1. The highest BCUT2D eigenvalue weighted by atomic mass is 16.5. The summed E-state index contributed by atoms with van der Waals surface area (Å²) < 4.78 is 11.0. The molecule has 0 aliphatic carbocycles. The molecule has 0 radical (unpaired) electrons. The van der Waals surface area contributed by atoms with E-state index < -0.39 is 0 Å². The van der Waals surface area contributed by atoms with Gasteiger partial charge in [0.15, 0.2) is 11.5 Å². The van der Waals surface area contributed by atoms with Gasteiger partial charge >= 0.3 is 0 Å². The Bertz CT molecular complexity index is 663. The van der Waals surface area contributed by atoms with Crippen molar-refractivity contribution >= 4 is 11.8 Å². The Hall–Kier alpha value is -2.75.